The lowest BCUT2D eigenvalue weighted by Gasteiger charge is -2.33. The molecule has 1 atom stereocenters. The molecule has 11 heteroatoms. The van der Waals surface area contributed by atoms with E-state index in [4.69, 9.17) is 9.47 Å². The van der Waals surface area contributed by atoms with Gasteiger partial charge in [-0.3, -0.25) is 13.9 Å². The molecule has 0 radical (unpaired) electrons. The lowest BCUT2D eigenvalue weighted by atomic mass is 9.95. The molecule has 0 saturated heterocycles. The number of amides is 2. The molecule has 230 valence electrons. The number of halogens is 1. The molecule has 0 bridgehead atoms. The van der Waals surface area contributed by atoms with Gasteiger partial charge in [-0.2, -0.15) is 0 Å². The number of ether oxygens (including phenoxy) is 2. The standard InChI is InChI=1S/C32H38FN3O6S/c1-23(32(38)34-26-9-5-4-6-10-26)35(21-24-8-7-11-29(20-24)42-3)31(37)22-36(27-14-12-25(33)13-15-27)43(39,40)30-18-16-28(41-2)17-19-30/h7-8,11-20,23,26H,4-6,9-10,21-22H2,1-3H3,(H,34,38). The molecular formula is C32H38FN3O6S. The monoisotopic (exact) mass is 611 g/mol. The first-order valence-electron chi connectivity index (χ1n) is 14.3. The summed E-state index contributed by atoms with van der Waals surface area (Å²) >= 11 is 0. The number of methoxy groups -OCH3 is 2. The second kappa shape index (κ2) is 14.4. The van der Waals surface area contributed by atoms with Gasteiger partial charge in [-0.25, -0.2) is 12.8 Å². The van der Waals surface area contributed by atoms with Crippen LogP contribution in [-0.2, 0) is 26.2 Å². The molecule has 1 fully saturated rings. The van der Waals surface area contributed by atoms with Gasteiger partial charge in [0.1, 0.15) is 29.9 Å². The number of hydrogen-bond donors (Lipinski definition) is 1. The fraction of sp³-hybridized carbons (Fsp3) is 0.375. The second-order valence-corrected chi connectivity index (χ2v) is 12.4. The summed E-state index contributed by atoms with van der Waals surface area (Å²) in [6, 6.07) is 16.9. The van der Waals surface area contributed by atoms with Crippen LogP contribution >= 0.6 is 0 Å². The average molecular weight is 612 g/mol. The zero-order chi connectivity index (χ0) is 31.0. The Bertz CT molecular complexity index is 1490. The maximum atomic E-state index is 14.1. The maximum Gasteiger partial charge on any atom is 0.264 e. The summed E-state index contributed by atoms with van der Waals surface area (Å²) in [5.41, 5.74) is 0.808. The number of anilines is 1. The molecule has 9 nitrogen and oxygen atoms in total. The number of nitrogens with one attached hydrogen (secondary N) is 1. The van der Waals surface area contributed by atoms with Crippen LogP contribution in [0, 0.1) is 5.82 Å². The lowest BCUT2D eigenvalue weighted by Crippen LogP contribution is -2.53. The van der Waals surface area contributed by atoms with Gasteiger partial charge in [0.05, 0.1) is 24.8 Å². The normalized spacial score (nSPS) is 14.4. The van der Waals surface area contributed by atoms with Crippen LogP contribution in [0.1, 0.15) is 44.6 Å². The zero-order valence-corrected chi connectivity index (χ0v) is 25.5. The van der Waals surface area contributed by atoms with Crippen molar-refractivity contribution in [2.24, 2.45) is 0 Å². The van der Waals surface area contributed by atoms with E-state index in [1.807, 2.05) is 0 Å². The van der Waals surface area contributed by atoms with Gasteiger partial charge in [0.25, 0.3) is 10.0 Å². The first-order valence-corrected chi connectivity index (χ1v) is 15.7. The van der Waals surface area contributed by atoms with Crippen molar-refractivity contribution in [3.63, 3.8) is 0 Å². The molecule has 0 spiro atoms. The van der Waals surface area contributed by atoms with Crippen LogP contribution in [0.4, 0.5) is 10.1 Å². The van der Waals surface area contributed by atoms with Crippen molar-refractivity contribution in [2.45, 2.75) is 62.6 Å². The minimum atomic E-state index is -4.29. The van der Waals surface area contributed by atoms with E-state index in [1.54, 1.807) is 31.2 Å². The first-order chi connectivity index (χ1) is 20.6. The van der Waals surface area contributed by atoms with E-state index in [0.717, 1.165) is 48.5 Å². The van der Waals surface area contributed by atoms with Gasteiger partial charge in [0, 0.05) is 12.6 Å². The highest BCUT2D eigenvalue weighted by Crippen LogP contribution is 2.27. The predicted octanol–water partition coefficient (Wildman–Crippen LogP) is 4.90. The number of sulfonamides is 1. The number of hydrogen-bond acceptors (Lipinski definition) is 6. The Kier molecular flexibility index (Phi) is 10.6. The number of nitrogens with zero attached hydrogens (tertiary/aromatic N) is 2. The van der Waals surface area contributed by atoms with E-state index < -0.39 is 34.3 Å². The van der Waals surface area contributed by atoms with Crippen molar-refractivity contribution < 1.29 is 31.9 Å². The summed E-state index contributed by atoms with van der Waals surface area (Å²) in [7, 11) is -1.28. The molecule has 1 saturated carbocycles. The Morgan fingerprint density at radius 1 is 0.930 bits per heavy atom. The molecule has 0 aromatic heterocycles. The van der Waals surface area contributed by atoms with Crippen LogP contribution in [0.5, 0.6) is 11.5 Å². The first kappa shape index (κ1) is 31.8. The number of carbonyl (C=O) groups is 2. The van der Waals surface area contributed by atoms with E-state index in [2.05, 4.69) is 5.32 Å². The highest BCUT2D eigenvalue weighted by atomic mass is 32.2. The van der Waals surface area contributed by atoms with Gasteiger partial charge in [0.2, 0.25) is 11.8 Å². The Hall–Kier alpha value is -4.12. The third-order valence-corrected chi connectivity index (χ3v) is 9.43. The summed E-state index contributed by atoms with van der Waals surface area (Å²) in [6.45, 7) is 1.05. The third kappa shape index (κ3) is 8.04. The SMILES string of the molecule is COc1ccc(S(=O)(=O)N(CC(=O)N(Cc2cccc(OC)c2)C(C)C(=O)NC2CCCCC2)c2ccc(F)cc2)cc1. The van der Waals surface area contributed by atoms with Crippen LogP contribution in [0.2, 0.25) is 0 Å². The summed E-state index contributed by atoms with van der Waals surface area (Å²) in [5.74, 6) is -0.417. The molecular weight excluding hydrogens is 573 g/mol. The smallest absolute Gasteiger partial charge is 0.264 e. The molecule has 1 aliphatic carbocycles. The highest BCUT2D eigenvalue weighted by Gasteiger charge is 2.33. The third-order valence-electron chi connectivity index (χ3n) is 7.65. The van der Waals surface area contributed by atoms with Gasteiger partial charge >= 0.3 is 0 Å². The predicted molar refractivity (Wildman–Crippen MR) is 162 cm³/mol. The summed E-state index contributed by atoms with van der Waals surface area (Å²) in [4.78, 5) is 28.8. The van der Waals surface area contributed by atoms with Crippen molar-refractivity contribution in [1.29, 1.82) is 0 Å². The van der Waals surface area contributed by atoms with Crippen LogP contribution in [0.25, 0.3) is 0 Å². The Morgan fingerprint density at radius 3 is 2.21 bits per heavy atom. The molecule has 1 N–H and O–H groups in total. The Morgan fingerprint density at radius 2 is 1.58 bits per heavy atom. The maximum absolute atomic E-state index is 14.1. The number of rotatable bonds is 12. The fourth-order valence-electron chi connectivity index (χ4n) is 5.13. The lowest BCUT2D eigenvalue weighted by molar-refractivity contribution is -0.139. The summed E-state index contributed by atoms with van der Waals surface area (Å²) in [5, 5.41) is 3.08. The van der Waals surface area contributed by atoms with E-state index in [-0.39, 0.29) is 29.1 Å². The van der Waals surface area contributed by atoms with Crippen LogP contribution in [-0.4, -0.2) is 58.0 Å². The van der Waals surface area contributed by atoms with Crippen LogP contribution in [0.3, 0.4) is 0 Å². The van der Waals surface area contributed by atoms with Crippen LogP contribution in [0.15, 0.2) is 77.7 Å². The van der Waals surface area contributed by atoms with E-state index >= 15 is 0 Å². The zero-order valence-electron chi connectivity index (χ0n) is 24.7. The molecule has 3 aromatic rings. The Balaban J connectivity index is 1.68. The number of carbonyl (C=O) groups excluding carboxylic acids is 2. The molecule has 0 aliphatic heterocycles. The minimum absolute atomic E-state index is 0.0311. The van der Waals surface area contributed by atoms with Gasteiger partial charge in [-0.05, 0) is 86.0 Å². The summed E-state index contributed by atoms with van der Waals surface area (Å²) in [6.07, 6.45) is 4.94. The average Bonchev–Trinajstić information content (AvgIpc) is 3.03. The van der Waals surface area contributed by atoms with Crippen molar-refractivity contribution in [3.8, 4) is 11.5 Å². The topological polar surface area (TPSA) is 105 Å². The molecule has 1 aliphatic rings. The highest BCUT2D eigenvalue weighted by molar-refractivity contribution is 7.92. The van der Waals surface area contributed by atoms with E-state index in [0.29, 0.717) is 17.1 Å². The molecule has 3 aromatic carbocycles. The van der Waals surface area contributed by atoms with Crippen molar-refractivity contribution in [2.75, 3.05) is 25.1 Å². The summed E-state index contributed by atoms with van der Waals surface area (Å²) < 4.78 is 53.1. The van der Waals surface area contributed by atoms with E-state index in [1.165, 1.54) is 55.5 Å². The Labute approximate surface area is 252 Å². The van der Waals surface area contributed by atoms with Crippen molar-refractivity contribution >= 4 is 27.5 Å². The molecule has 0 heterocycles. The molecule has 1 unspecified atom stereocenters. The van der Waals surface area contributed by atoms with Gasteiger partial charge in [-0.15, -0.1) is 0 Å². The molecule has 2 amide bonds. The fourth-order valence-corrected chi connectivity index (χ4v) is 6.54. The van der Waals surface area contributed by atoms with Crippen molar-refractivity contribution in [3.05, 3.63) is 84.2 Å². The number of benzene rings is 3. The van der Waals surface area contributed by atoms with E-state index in [9.17, 15) is 22.4 Å². The second-order valence-electron chi connectivity index (χ2n) is 10.6. The largest absolute Gasteiger partial charge is 0.497 e. The van der Waals surface area contributed by atoms with Crippen molar-refractivity contribution in [1.82, 2.24) is 10.2 Å². The molecule has 4 rings (SSSR count). The van der Waals surface area contributed by atoms with Gasteiger partial charge < -0.3 is 19.7 Å². The molecule has 43 heavy (non-hydrogen) atoms. The van der Waals surface area contributed by atoms with Gasteiger partial charge in [-0.1, -0.05) is 31.4 Å². The van der Waals surface area contributed by atoms with Crippen LogP contribution < -0.4 is 19.1 Å². The van der Waals surface area contributed by atoms with Gasteiger partial charge in [0.15, 0.2) is 0 Å². The minimum Gasteiger partial charge on any atom is -0.497 e. The quantitative estimate of drug-likeness (QED) is 0.312.